The molecule has 0 aliphatic carbocycles. The molecule has 0 bridgehead atoms. The van der Waals surface area contributed by atoms with E-state index in [1.807, 2.05) is 26.2 Å². The van der Waals surface area contributed by atoms with E-state index in [-0.39, 0.29) is 0 Å². The smallest absolute Gasteiger partial charge is 0.191 e. The van der Waals surface area contributed by atoms with Crippen molar-refractivity contribution in [3.05, 3.63) is 22.5 Å². The maximum Gasteiger partial charge on any atom is 0.191 e. The summed E-state index contributed by atoms with van der Waals surface area (Å²) in [7, 11) is 0. The maximum atomic E-state index is 6.20. The van der Waals surface area contributed by atoms with Crippen molar-refractivity contribution in [3.8, 4) is 5.82 Å². The monoisotopic (exact) mass is 311 g/mol. The van der Waals surface area contributed by atoms with E-state index in [9.17, 15) is 0 Å². The highest BCUT2D eigenvalue weighted by molar-refractivity contribution is 7.98. The van der Waals surface area contributed by atoms with Crippen molar-refractivity contribution in [2.24, 2.45) is 0 Å². The molecule has 1 N–H and O–H groups in total. The van der Waals surface area contributed by atoms with Crippen LogP contribution in [0.5, 0.6) is 0 Å². The van der Waals surface area contributed by atoms with Crippen LogP contribution in [0.25, 0.3) is 5.82 Å². The van der Waals surface area contributed by atoms with Crippen LogP contribution in [0.15, 0.2) is 11.2 Å². The zero-order valence-corrected chi connectivity index (χ0v) is 13.6. The number of anilines is 1. The Morgan fingerprint density at radius 2 is 2.10 bits per heavy atom. The van der Waals surface area contributed by atoms with Crippen molar-refractivity contribution in [3.63, 3.8) is 0 Å². The molecule has 2 rings (SSSR count). The van der Waals surface area contributed by atoms with Crippen LogP contribution in [0.2, 0.25) is 5.02 Å². The summed E-state index contributed by atoms with van der Waals surface area (Å²) in [6, 6.07) is 1.89. The van der Waals surface area contributed by atoms with Gasteiger partial charge >= 0.3 is 0 Å². The SMILES string of the molecule is CCCNc1cc(-n2nc(C)c(Cl)c2C)nc(SC)n1. The zero-order valence-electron chi connectivity index (χ0n) is 12.1. The first-order valence-electron chi connectivity index (χ1n) is 6.45. The topological polar surface area (TPSA) is 55.6 Å². The summed E-state index contributed by atoms with van der Waals surface area (Å²) in [5, 5.41) is 9.11. The minimum atomic E-state index is 0.678. The van der Waals surface area contributed by atoms with E-state index in [1.54, 1.807) is 4.68 Å². The molecule has 0 saturated carbocycles. The van der Waals surface area contributed by atoms with Gasteiger partial charge in [0.15, 0.2) is 11.0 Å². The Labute approximate surface area is 128 Å². The first kappa shape index (κ1) is 15.1. The zero-order chi connectivity index (χ0) is 14.7. The lowest BCUT2D eigenvalue weighted by molar-refractivity contribution is 0.777. The lowest BCUT2D eigenvalue weighted by Crippen LogP contribution is -2.08. The van der Waals surface area contributed by atoms with Crippen molar-refractivity contribution in [1.82, 2.24) is 19.7 Å². The quantitative estimate of drug-likeness (QED) is 0.677. The third-order valence-corrected chi connectivity index (χ3v) is 3.95. The second kappa shape index (κ2) is 6.45. The number of halogens is 1. The molecule has 108 valence electrons. The number of nitrogens with zero attached hydrogens (tertiary/aromatic N) is 4. The summed E-state index contributed by atoms with van der Waals surface area (Å²) in [5.74, 6) is 1.54. The van der Waals surface area contributed by atoms with Crippen molar-refractivity contribution < 1.29 is 0 Å². The highest BCUT2D eigenvalue weighted by atomic mass is 35.5. The predicted octanol–water partition coefficient (Wildman–Crippen LogP) is 3.48. The standard InChI is InChI=1S/C13H18ClN5S/c1-5-6-15-10-7-11(17-13(16-10)20-4)19-9(3)12(14)8(2)18-19/h7H,5-6H2,1-4H3,(H,15,16,17). The van der Waals surface area contributed by atoms with Gasteiger partial charge in [-0.1, -0.05) is 30.3 Å². The van der Waals surface area contributed by atoms with Crippen LogP contribution in [0.4, 0.5) is 5.82 Å². The predicted molar refractivity (Wildman–Crippen MR) is 84.2 cm³/mol. The fourth-order valence-corrected chi connectivity index (χ4v) is 2.30. The molecule has 0 radical (unpaired) electrons. The molecule has 0 fully saturated rings. The van der Waals surface area contributed by atoms with E-state index in [1.165, 1.54) is 11.8 Å². The van der Waals surface area contributed by atoms with E-state index in [0.29, 0.717) is 10.2 Å². The third kappa shape index (κ3) is 3.07. The number of nitrogens with one attached hydrogen (secondary N) is 1. The third-order valence-electron chi connectivity index (χ3n) is 2.85. The molecule has 0 aliphatic heterocycles. The van der Waals surface area contributed by atoms with Gasteiger partial charge in [0, 0.05) is 12.6 Å². The van der Waals surface area contributed by atoms with E-state index in [2.05, 4.69) is 27.3 Å². The van der Waals surface area contributed by atoms with Crippen LogP contribution in [-0.4, -0.2) is 32.5 Å². The minimum absolute atomic E-state index is 0.678. The summed E-state index contributed by atoms with van der Waals surface area (Å²) in [5.41, 5.74) is 1.69. The molecular weight excluding hydrogens is 294 g/mol. The Kier molecular flexibility index (Phi) is 4.88. The maximum absolute atomic E-state index is 6.20. The molecule has 0 aliphatic rings. The molecule has 0 amide bonds. The lowest BCUT2D eigenvalue weighted by atomic mass is 10.4. The van der Waals surface area contributed by atoms with Gasteiger partial charge in [-0.2, -0.15) is 5.10 Å². The summed E-state index contributed by atoms with van der Waals surface area (Å²) in [4.78, 5) is 8.94. The van der Waals surface area contributed by atoms with Gasteiger partial charge in [-0.05, 0) is 26.5 Å². The van der Waals surface area contributed by atoms with Gasteiger partial charge in [0.1, 0.15) is 5.82 Å². The summed E-state index contributed by atoms with van der Waals surface area (Å²) in [6.45, 7) is 6.81. The van der Waals surface area contributed by atoms with Crippen LogP contribution in [0.1, 0.15) is 24.7 Å². The second-order valence-corrected chi connectivity index (χ2v) is 5.57. The molecular formula is C13H18ClN5S. The van der Waals surface area contributed by atoms with E-state index in [4.69, 9.17) is 11.6 Å². The van der Waals surface area contributed by atoms with Crippen molar-refractivity contribution in [2.45, 2.75) is 32.3 Å². The van der Waals surface area contributed by atoms with Crippen LogP contribution < -0.4 is 5.32 Å². The molecule has 2 aromatic rings. The molecule has 0 aromatic carbocycles. The molecule has 0 spiro atoms. The molecule has 2 heterocycles. The first-order chi connectivity index (χ1) is 9.56. The Morgan fingerprint density at radius 3 is 2.65 bits per heavy atom. The van der Waals surface area contributed by atoms with Crippen LogP contribution >= 0.6 is 23.4 Å². The number of hydrogen-bond acceptors (Lipinski definition) is 5. The van der Waals surface area contributed by atoms with Crippen molar-refractivity contribution in [1.29, 1.82) is 0 Å². The fourth-order valence-electron chi connectivity index (χ4n) is 1.80. The largest absolute Gasteiger partial charge is 0.370 e. The van der Waals surface area contributed by atoms with E-state index < -0.39 is 0 Å². The fraction of sp³-hybridized carbons (Fsp3) is 0.462. The summed E-state index contributed by atoms with van der Waals surface area (Å²) >= 11 is 7.70. The van der Waals surface area contributed by atoms with Crippen LogP contribution in [-0.2, 0) is 0 Å². The molecule has 0 saturated heterocycles. The molecule has 20 heavy (non-hydrogen) atoms. The molecule has 2 aromatic heterocycles. The van der Waals surface area contributed by atoms with Gasteiger partial charge < -0.3 is 5.32 Å². The molecule has 7 heteroatoms. The van der Waals surface area contributed by atoms with Crippen molar-refractivity contribution in [2.75, 3.05) is 18.1 Å². The normalized spacial score (nSPS) is 10.8. The van der Waals surface area contributed by atoms with Crippen LogP contribution in [0.3, 0.4) is 0 Å². The number of aryl methyl sites for hydroxylation is 1. The molecule has 5 nitrogen and oxygen atoms in total. The Morgan fingerprint density at radius 1 is 1.35 bits per heavy atom. The van der Waals surface area contributed by atoms with Gasteiger partial charge in [0.2, 0.25) is 0 Å². The number of aromatic nitrogens is 4. The molecule has 0 unspecified atom stereocenters. The van der Waals surface area contributed by atoms with Crippen LogP contribution in [0, 0.1) is 13.8 Å². The minimum Gasteiger partial charge on any atom is -0.370 e. The average Bonchev–Trinajstić information content (AvgIpc) is 2.72. The highest BCUT2D eigenvalue weighted by Gasteiger charge is 2.13. The summed E-state index contributed by atoms with van der Waals surface area (Å²) < 4.78 is 1.76. The van der Waals surface area contributed by atoms with E-state index in [0.717, 1.165) is 36.0 Å². The second-order valence-electron chi connectivity index (χ2n) is 4.42. The first-order valence-corrected chi connectivity index (χ1v) is 8.06. The van der Waals surface area contributed by atoms with E-state index >= 15 is 0 Å². The van der Waals surface area contributed by atoms with Gasteiger partial charge in [0.05, 0.1) is 16.4 Å². The Balaban J connectivity index is 2.46. The van der Waals surface area contributed by atoms with Gasteiger partial charge in [-0.25, -0.2) is 14.6 Å². The van der Waals surface area contributed by atoms with Crippen molar-refractivity contribution >= 4 is 29.2 Å². The average molecular weight is 312 g/mol. The number of rotatable bonds is 5. The number of hydrogen-bond donors (Lipinski definition) is 1. The number of thioether (sulfide) groups is 1. The lowest BCUT2D eigenvalue weighted by Gasteiger charge is -2.09. The Bertz CT molecular complexity index is 611. The van der Waals surface area contributed by atoms with Gasteiger partial charge in [0.25, 0.3) is 0 Å². The summed E-state index contributed by atoms with van der Waals surface area (Å²) in [6.07, 6.45) is 3.00. The Hall–Kier alpha value is -1.27. The van der Waals surface area contributed by atoms with Gasteiger partial charge in [-0.15, -0.1) is 0 Å². The molecule has 0 atom stereocenters. The van der Waals surface area contributed by atoms with Gasteiger partial charge in [-0.3, -0.25) is 0 Å². The highest BCUT2D eigenvalue weighted by Crippen LogP contribution is 2.23.